The molecule has 2 N–H and O–H groups in total. The van der Waals surface area contributed by atoms with Gasteiger partial charge in [0.05, 0.1) is 5.56 Å². The molecule has 2 aromatic carbocycles. The molecule has 3 nitrogen and oxygen atoms in total. The van der Waals surface area contributed by atoms with Gasteiger partial charge in [-0.25, -0.2) is 0 Å². The quantitative estimate of drug-likeness (QED) is 0.880. The van der Waals surface area contributed by atoms with Gasteiger partial charge >= 0.3 is 6.18 Å². The molecular formula is C18H18F3NO2. The number of amides is 1. The predicted octanol–water partition coefficient (Wildman–Crippen LogP) is 3.27. The monoisotopic (exact) mass is 337 g/mol. The molecule has 1 unspecified atom stereocenters. The second-order valence-corrected chi connectivity index (χ2v) is 5.64. The first-order chi connectivity index (χ1) is 11.2. The Balaban J connectivity index is 1.91. The van der Waals surface area contributed by atoms with E-state index in [1.165, 1.54) is 19.1 Å². The van der Waals surface area contributed by atoms with Crippen molar-refractivity contribution in [1.29, 1.82) is 0 Å². The van der Waals surface area contributed by atoms with Gasteiger partial charge < -0.3 is 10.4 Å². The summed E-state index contributed by atoms with van der Waals surface area (Å²) in [5, 5.41) is 12.9. The van der Waals surface area contributed by atoms with Crippen LogP contribution in [0.25, 0.3) is 0 Å². The smallest absolute Gasteiger partial charge is 0.376 e. The Bertz CT molecular complexity index is 680. The molecule has 0 aliphatic rings. The molecule has 0 spiro atoms. The summed E-state index contributed by atoms with van der Waals surface area (Å²) in [6.07, 6.45) is -3.99. The first kappa shape index (κ1) is 18.0. The summed E-state index contributed by atoms with van der Waals surface area (Å²) in [6, 6.07) is 13.3. The summed E-state index contributed by atoms with van der Waals surface area (Å²) >= 11 is 0. The number of hydrogen-bond acceptors (Lipinski definition) is 2. The van der Waals surface area contributed by atoms with E-state index in [2.05, 4.69) is 5.32 Å². The Kier molecular flexibility index (Phi) is 5.29. The molecule has 0 saturated carbocycles. The summed E-state index contributed by atoms with van der Waals surface area (Å²) in [5.74, 6) is -0.555. The molecule has 128 valence electrons. The SMILES string of the molecule is CC(O)(C(=O)NCCc1ccc(C(F)(F)F)cc1)c1ccccc1. The molecule has 0 bridgehead atoms. The van der Waals surface area contributed by atoms with Gasteiger partial charge in [0.1, 0.15) is 0 Å². The molecule has 1 atom stereocenters. The topological polar surface area (TPSA) is 49.3 Å². The fraction of sp³-hybridized carbons (Fsp3) is 0.278. The molecule has 24 heavy (non-hydrogen) atoms. The minimum atomic E-state index is -4.36. The normalized spacial score (nSPS) is 14.0. The number of carbonyl (C=O) groups is 1. The van der Waals surface area contributed by atoms with E-state index >= 15 is 0 Å². The molecule has 2 rings (SSSR count). The Morgan fingerprint density at radius 3 is 2.12 bits per heavy atom. The lowest BCUT2D eigenvalue weighted by atomic mass is 9.95. The van der Waals surface area contributed by atoms with Gasteiger partial charge in [-0.2, -0.15) is 13.2 Å². The highest BCUT2D eigenvalue weighted by Gasteiger charge is 2.32. The van der Waals surface area contributed by atoms with Crippen LogP contribution in [-0.4, -0.2) is 17.6 Å². The van der Waals surface area contributed by atoms with Gasteiger partial charge in [0.15, 0.2) is 5.60 Å². The lowest BCUT2D eigenvalue weighted by Crippen LogP contribution is -2.42. The van der Waals surface area contributed by atoms with E-state index in [9.17, 15) is 23.1 Å². The molecule has 2 aromatic rings. The van der Waals surface area contributed by atoms with Crippen molar-refractivity contribution in [3.8, 4) is 0 Å². The summed E-state index contributed by atoms with van der Waals surface area (Å²) in [5.41, 5.74) is -1.23. The molecule has 6 heteroatoms. The highest BCUT2D eigenvalue weighted by atomic mass is 19.4. The summed E-state index contributed by atoms with van der Waals surface area (Å²) < 4.78 is 37.5. The predicted molar refractivity (Wildman–Crippen MR) is 84.2 cm³/mol. The van der Waals surface area contributed by atoms with Crippen LogP contribution in [-0.2, 0) is 23.0 Å². The largest absolute Gasteiger partial charge is 0.416 e. The standard InChI is InChI=1S/C18H18F3NO2/c1-17(24,14-5-3-2-4-6-14)16(23)22-12-11-13-7-9-15(10-8-13)18(19,20)21/h2-10,24H,11-12H2,1H3,(H,22,23). The van der Waals surface area contributed by atoms with Crippen LogP contribution in [0.5, 0.6) is 0 Å². The summed E-state index contributed by atoms with van der Waals surface area (Å²) in [4.78, 5) is 12.1. The van der Waals surface area contributed by atoms with Crippen LogP contribution in [0.2, 0.25) is 0 Å². The second-order valence-electron chi connectivity index (χ2n) is 5.64. The second kappa shape index (κ2) is 7.05. The molecule has 0 heterocycles. The van der Waals surface area contributed by atoms with E-state index in [4.69, 9.17) is 0 Å². The fourth-order valence-corrected chi connectivity index (χ4v) is 2.25. The average Bonchev–Trinajstić information content (AvgIpc) is 2.55. The highest BCUT2D eigenvalue weighted by Crippen LogP contribution is 2.29. The molecule has 0 saturated heterocycles. The van der Waals surface area contributed by atoms with E-state index in [1.54, 1.807) is 30.3 Å². The van der Waals surface area contributed by atoms with Gasteiger partial charge in [0.2, 0.25) is 0 Å². The average molecular weight is 337 g/mol. The van der Waals surface area contributed by atoms with Gasteiger partial charge in [0.25, 0.3) is 5.91 Å². The number of carbonyl (C=O) groups excluding carboxylic acids is 1. The van der Waals surface area contributed by atoms with E-state index in [-0.39, 0.29) is 6.54 Å². The first-order valence-electron chi connectivity index (χ1n) is 7.43. The number of halogens is 3. The number of benzene rings is 2. The van der Waals surface area contributed by atoms with Crippen molar-refractivity contribution in [2.75, 3.05) is 6.54 Å². The fourth-order valence-electron chi connectivity index (χ4n) is 2.25. The number of rotatable bonds is 5. The molecule has 0 radical (unpaired) electrons. The number of aliphatic hydroxyl groups is 1. The van der Waals surface area contributed by atoms with Crippen LogP contribution in [0.4, 0.5) is 13.2 Å². The van der Waals surface area contributed by atoms with Crippen LogP contribution in [0.15, 0.2) is 54.6 Å². The minimum Gasteiger partial charge on any atom is -0.376 e. The van der Waals surface area contributed by atoms with Crippen molar-refractivity contribution in [2.24, 2.45) is 0 Å². The van der Waals surface area contributed by atoms with Crippen LogP contribution >= 0.6 is 0 Å². The van der Waals surface area contributed by atoms with Crippen molar-refractivity contribution in [3.63, 3.8) is 0 Å². The van der Waals surface area contributed by atoms with Crippen molar-refractivity contribution in [2.45, 2.75) is 25.1 Å². The van der Waals surface area contributed by atoms with Gasteiger partial charge in [-0.1, -0.05) is 42.5 Å². The van der Waals surface area contributed by atoms with Crippen LogP contribution < -0.4 is 5.32 Å². The number of alkyl halides is 3. The van der Waals surface area contributed by atoms with Crippen LogP contribution in [0.1, 0.15) is 23.6 Å². The summed E-state index contributed by atoms with van der Waals surface area (Å²) in [6.45, 7) is 1.61. The Morgan fingerprint density at radius 1 is 1.00 bits per heavy atom. The van der Waals surface area contributed by atoms with Gasteiger partial charge in [-0.3, -0.25) is 4.79 Å². The Morgan fingerprint density at radius 2 is 1.58 bits per heavy atom. The zero-order chi connectivity index (χ0) is 17.8. The van der Waals surface area contributed by atoms with Gasteiger partial charge in [-0.05, 0) is 36.6 Å². The third kappa shape index (κ3) is 4.35. The third-order valence-corrected chi connectivity index (χ3v) is 3.76. The molecular weight excluding hydrogens is 319 g/mol. The van der Waals surface area contributed by atoms with E-state index < -0.39 is 23.2 Å². The molecule has 0 aromatic heterocycles. The van der Waals surface area contributed by atoms with Gasteiger partial charge in [0, 0.05) is 6.54 Å². The maximum Gasteiger partial charge on any atom is 0.416 e. The molecule has 0 fully saturated rings. The lowest BCUT2D eigenvalue weighted by Gasteiger charge is -2.22. The number of nitrogens with one attached hydrogen (secondary N) is 1. The molecule has 1 amide bonds. The van der Waals surface area contributed by atoms with Crippen molar-refractivity contribution in [1.82, 2.24) is 5.32 Å². The van der Waals surface area contributed by atoms with E-state index in [1.807, 2.05) is 0 Å². The number of hydrogen-bond donors (Lipinski definition) is 2. The molecule has 0 aliphatic heterocycles. The third-order valence-electron chi connectivity index (χ3n) is 3.76. The molecule has 0 aliphatic carbocycles. The zero-order valence-corrected chi connectivity index (χ0v) is 13.1. The van der Waals surface area contributed by atoms with Crippen molar-refractivity contribution >= 4 is 5.91 Å². The van der Waals surface area contributed by atoms with Crippen LogP contribution in [0, 0.1) is 0 Å². The zero-order valence-electron chi connectivity index (χ0n) is 13.1. The minimum absolute atomic E-state index is 0.215. The van der Waals surface area contributed by atoms with Gasteiger partial charge in [-0.15, -0.1) is 0 Å². The van der Waals surface area contributed by atoms with E-state index in [0.717, 1.165) is 12.1 Å². The first-order valence-corrected chi connectivity index (χ1v) is 7.43. The Hall–Kier alpha value is -2.34. The lowest BCUT2D eigenvalue weighted by molar-refractivity contribution is -0.139. The maximum absolute atomic E-state index is 12.5. The van der Waals surface area contributed by atoms with Crippen LogP contribution in [0.3, 0.4) is 0 Å². The van der Waals surface area contributed by atoms with Crippen molar-refractivity contribution in [3.05, 3.63) is 71.3 Å². The summed E-state index contributed by atoms with van der Waals surface area (Å²) in [7, 11) is 0. The van der Waals surface area contributed by atoms with Crippen molar-refractivity contribution < 1.29 is 23.1 Å². The Labute approximate surface area is 138 Å². The maximum atomic E-state index is 12.5. The van der Waals surface area contributed by atoms with E-state index in [0.29, 0.717) is 17.5 Å². The highest BCUT2D eigenvalue weighted by molar-refractivity contribution is 5.85.